The third kappa shape index (κ3) is 4.16. The summed E-state index contributed by atoms with van der Waals surface area (Å²) in [4.78, 5) is 23.0. The predicted molar refractivity (Wildman–Crippen MR) is 142 cm³/mol. The number of nitrogens with one attached hydrogen (secondary N) is 1. The van der Waals surface area contributed by atoms with Crippen molar-refractivity contribution in [3.63, 3.8) is 0 Å². The minimum Gasteiger partial charge on any atom is -0.388 e. The van der Waals surface area contributed by atoms with Crippen LogP contribution in [0.1, 0.15) is 29.3 Å². The highest BCUT2D eigenvalue weighted by Gasteiger charge is 2.41. The van der Waals surface area contributed by atoms with Crippen molar-refractivity contribution in [2.24, 2.45) is 0 Å². The highest BCUT2D eigenvalue weighted by atomic mass is 16.6. The maximum absolute atomic E-state index is 12.2. The number of nitrogens with zero attached hydrogens (tertiary/aromatic N) is 3. The lowest BCUT2D eigenvalue weighted by Gasteiger charge is -2.36. The molecule has 0 spiro atoms. The van der Waals surface area contributed by atoms with Gasteiger partial charge < -0.3 is 20.3 Å². The monoisotopic (exact) mass is 509 g/mol. The van der Waals surface area contributed by atoms with E-state index in [0.29, 0.717) is 6.42 Å². The lowest BCUT2D eigenvalue weighted by atomic mass is 9.80. The number of anilines is 1. The van der Waals surface area contributed by atoms with Gasteiger partial charge in [0.15, 0.2) is 17.4 Å². The number of aromatic nitrogens is 4. The van der Waals surface area contributed by atoms with Crippen LogP contribution in [0.15, 0.2) is 102 Å². The second kappa shape index (κ2) is 9.86. The average molecular weight is 510 g/mol. The number of aromatic amines is 1. The third-order valence-electron chi connectivity index (χ3n) is 6.92. The molecule has 3 heterocycles. The van der Waals surface area contributed by atoms with Crippen LogP contribution in [0.5, 0.6) is 0 Å². The Labute approximate surface area is 218 Å². The van der Waals surface area contributed by atoms with Gasteiger partial charge in [-0.15, -0.1) is 0 Å². The van der Waals surface area contributed by atoms with Gasteiger partial charge in [-0.3, -0.25) is 14.3 Å². The second-order valence-electron chi connectivity index (χ2n) is 9.32. The molecule has 192 valence electrons. The summed E-state index contributed by atoms with van der Waals surface area (Å²) in [6.07, 6.45) is -0.310. The van der Waals surface area contributed by atoms with Gasteiger partial charge in [0.1, 0.15) is 11.7 Å². The van der Waals surface area contributed by atoms with Crippen LogP contribution in [0.3, 0.4) is 0 Å². The quantitative estimate of drug-likeness (QED) is 0.287. The third-order valence-corrected chi connectivity index (χ3v) is 6.92. The van der Waals surface area contributed by atoms with E-state index >= 15 is 0 Å². The van der Waals surface area contributed by atoms with Crippen molar-refractivity contribution >= 4 is 17.1 Å². The Morgan fingerprint density at radius 3 is 2.08 bits per heavy atom. The lowest BCUT2D eigenvalue weighted by molar-refractivity contribution is -0.0851. The number of nitrogens with two attached hydrogens (primary N) is 1. The Kier molecular flexibility index (Phi) is 6.24. The van der Waals surface area contributed by atoms with Crippen molar-refractivity contribution in [3.05, 3.63) is 124 Å². The van der Waals surface area contributed by atoms with E-state index in [2.05, 4.69) is 51.4 Å². The molecule has 1 saturated heterocycles. The molecule has 1 aliphatic rings. The first-order valence-corrected chi connectivity index (χ1v) is 12.4. The van der Waals surface area contributed by atoms with E-state index in [1.54, 1.807) is 4.57 Å². The minimum atomic E-state index is -0.902. The minimum absolute atomic E-state index is 0.0324. The van der Waals surface area contributed by atoms with Crippen molar-refractivity contribution in [2.45, 2.75) is 30.5 Å². The molecule has 0 amide bonds. The summed E-state index contributed by atoms with van der Waals surface area (Å²) in [5.74, 6) is -0.0324. The van der Waals surface area contributed by atoms with Gasteiger partial charge in [-0.1, -0.05) is 91.0 Å². The largest absolute Gasteiger partial charge is 0.388 e. The summed E-state index contributed by atoms with van der Waals surface area (Å²) in [7, 11) is 0. The number of ether oxygens (including phenoxy) is 2. The first kappa shape index (κ1) is 24.1. The molecule has 1 unspecified atom stereocenters. The number of aliphatic hydroxyl groups is 1. The van der Waals surface area contributed by atoms with E-state index in [-0.39, 0.29) is 23.7 Å². The van der Waals surface area contributed by atoms with Gasteiger partial charge in [0.25, 0.3) is 5.56 Å². The second-order valence-corrected chi connectivity index (χ2v) is 9.32. The van der Waals surface area contributed by atoms with Crippen LogP contribution in [0.4, 0.5) is 5.95 Å². The number of hydrogen-bond acceptors (Lipinski definition) is 7. The molecule has 1 fully saturated rings. The molecule has 2 aromatic heterocycles. The zero-order valence-corrected chi connectivity index (χ0v) is 20.5. The fourth-order valence-corrected chi connectivity index (χ4v) is 5.20. The zero-order chi connectivity index (χ0) is 26.1. The first-order valence-electron chi connectivity index (χ1n) is 12.4. The predicted octanol–water partition coefficient (Wildman–Crippen LogP) is 3.36. The summed E-state index contributed by atoms with van der Waals surface area (Å²) < 4.78 is 14.7. The van der Waals surface area contributed by atoms with Crippen LogP contribution in [0, 0.1) is 0 Å². The normalized spacial score (nSPS) is 19.7. The summed E-state index contributed by atoms with van der Waals surface area (Å²) in [5.41, 5.74) is 7.72. The van der Waals surface area contributed by atoms with Gasteiger partial charge in [-0.05, 0) is 16.7 Å². The molecule has 0 saturated carbocycles. The fraction of sp³-hybridized carbons (Fsp3) is 0.207. The van der Waals surface area contributed by atoms with Gasteiger partial charge in [-0.25, -0.2) is 4.98 Å². The van der Waals surface area contributed by atoms with Crippen molar-refractivity contribution in [2.75, 3.05) is 12.3 Å². The van der Waals surface area contributed by atoms with Gasteiger partial charge in [0, 0.05) is 6.42 Å². The van der Waals surface area contributed by atoms with Gasteiger partial charge in [0.05, 0.1) is 19.0 Å². The standard InChI is InChI=1S/C29H27N5O4/c30-28-32-25-24(26(36)33-28)31-18-34(25)27-23(35)16-22(38-27)17-37-29(19-10-4-1-5-11-19,20-12-6-2-7-13-20)21-14-8-3-9-15-21/h1-15,18,22-23,27,35H,16-17H2,(H3,30,32,33,36)/t22-,23?,27+/m0/s1. The number of nitrogen functional groups attached to an aromatic ring is 1. The topological polar surface area (TPSA) is 128 Å². The van der Waals surface area contributed by atoms with Crippen LogP contribution < -0.4 is 11.3 Å². The van der Waals surface area contributed by atoms with Crippen LogP contribution in [0.25, 0.3) is 11.2 Å². The van der Waals surface area contributed by atoms with Gasteiger partial charge in [0.2, 0.25) is 5.95 Å². The Morgan fingerprint density at radius 1 is 0.974 bits per heavy atom. The maximum atomic E-state index is 12.2. The lowest BCUT2D eigenvalue weighted by Crippen LogP contribution is -2.35. The van der Waals surface area contributed by atoms with Crippen LogP contribution >= 0.6 is 0 Å². The molecule has 0 radical (unpaired) electrons. The number of fused-ring (bicyclic) bond motifs is 1. The molecule has 5 aromatic rings. The van der Waals surface area contributed by atoms with Crippen molar-refractivity contribution in [1.29, 1.82) is 0 Å². The van der Waals surface area contributed by atoms with Crippen molar-refractivity contribution < 1.29 is 14.6 Å². The van der Waals surface area contributed by atoms with Crippen molar-refractivity contribution in [1.82, 2.24) is 19.5 Å². The highest BCUT2D eigenvalue weighted by Crippen LogP contribution is 2.41. The Bertz CT molecular complexity index is 1490. The molecule has 0 bridgehead atoms. The maximum Gasteiger partial charge on any atom is 0.280 e. The van der Waals surface area contributed by atoms with E-state index in [4.69, 9.17) is 15.2 Å². The Balaban J connectivity index is 1.34. The average Bonchev–Trinajstić information content (AvgIpc) is 3.54. The molecule has 9 heteroatoms. The number of benzene rings is 3. The van der Waals surface area contributed by atoms with Crippen LogP contribution in [-0.4, -0.2) is 43.4 Å². The number of rotatable bonds is 7. The fourth-order valence-electron chi connectivity index (χ4n) is 5.20. The molecule has 3 aromatic carbocycles. The van der Waals surface area contributed by atoms with Gasteiger partial charge in [-0.2, -0.15) is 4.98 Å². The number of aliphatic hydroxyl groups excluding tert-OH is 1. The Morgan fingerprint density at radius 2 is 1.53 bits per heavy atom. The molecule has 38 heavy (non-hydrogen) atoms. The van der Waals surface area contributed by atoms with E-state index in [0.717, 1.165) is 16.7 Å². The number of H-pyrrole nitrogens is 1. The van der Waals surface area contributed by atoms with Crippen LogP contribution in [-0.2, 0) is 15.1 Å². The van der Waals surface area contributed by atoms with E-state index in [1.165, 1.54) is 6.33 Å². The van der Waals surface area contributed by atoms with E-state index in [1.807, 2.05) is 54.6 Å². The van der Waals surface area contributed by atoms with E-state index in [9.17, 15) is 9.90 Å². The SMILES string of the molecule is Nc1nc2c(ncn2[C@@H]2O[C@H](COC(c3ccccc3)(c3ccccc3)c3ccccc3)CC2O)c(=O)[nH]1. The number of imidazole rings is 1. The molecular formula is C29H27N5O4. The molecule has 4 N–H and O–H groups in total. The smallest absolute Gasteiger partial charge is 0.280 e. The molecule has 9 nitrogen and oxygen atoms in total. The summed E-state index contributed by atoms with van der Waals surface area (Å²) in [6, 6.07) is 30.2. The number of hydrogen-bond donors (Lipinski definition) is 3. The molecule has 1 aliphatic heterocycles. The molecular weight excluding hydrogens is 482 g/mol. The van der Waals surface area contributed by atoms with E-state index < -0.39 is 29.6 Å². The van der Waals surface area contributed by atoms with Crippen LogP contribution in [0.2, 0.25) is 0 Å². The molecule has 6 rings (SSSR count). The molecule has 3 atom stereocenters. The molecule has 0 aliphatic carbocycles. The summed E-state index contributed by atoms with van der Waals surface area (Å²) in [6.45, 7) is 0.203. The highest BCUT2D eigenvalue weighted by molar-refractivity contribution is 5.70. The summed E-state index contributed by atoms with van der Waals surface area (Å²) >= 11 is 0. The first-order chi connectivity index (χ1) is 18.6. The van der Waals surface area contributed by atoms with Gasteiger partial charge >= 0.3 is 0 Å². The van der Waals surface area contributed by atoms with Crippen molar-refractivity contribution in [3.8, 4) is 0 Å². The summed E-state index contributed by atoms with van der Waals surface area (Å²) in [5, 5.41) is 10.9. The zero-order valence-electron chi connectivity index (χ0n) is 20.5. The Hall–Kier alpha value is -4.31.